The highest BCUT2D eigenvalue weighted by Gasteiger charge is 2.18. The van der Waals surface area contributed by atoms with E-state index in [2.05, 4.69) is 6.07 Å². The quantitative estimate of drug-likeness (QED) is 0.883. The minimum atomic E-state index is 0.123. The fourth-order valence-electron chi connectivity index (χ4n) is 2.98. The van der Waals surface area contributed by atoms with Gasteiger partial charge in [-0.15, -0.1) is 0 Å². The molecule has 0 aliphatic carbocycles. The highest BCUT2D eigenvalue weighted by atomic mass is 16.6. The van der Waals surface area contributed by atoms with E-state index in [0.29, 0.717) is 19.8 Å². The van der Waals surface area contributed by atoms with Crippen molar-refractivity contribution in [2.75, 3.05) is 34.0 Å². The maximum absolute atomic E-state index is 6.05. The molecule has 2 aromatic carbocycles. The molecule has 1 aliphatic heterocycles. The van der Waals surface area contributed by atoms with Gasteiger partial charge in [0.2, 0.25) is 0 Å². The second-order valence-corrected chi connectivity index (χ2v) is 5.72. The van der Waals surface area contributed by atoms with Gasteiger partial charge in [0.05, 0.1) is 14.2 Å². The zero-order chi connectivity index (χ0) is 16.9. The van der Waals surface area contributed by atoms with Gasteiger partial charge in [-0.1, -0.05) is 6.07 Å². The van der Waals surface area contributed by atoms with Crippen LogP contribution in [-0.4, -0.2) is 34.0 Å². The van der Waals surface area contributed by atoms with Crippen LogP contribution in [0.3, 0.4) is 0 Å². The standard InChI is InChI=1S/C19H23NO4/c1-21-15-4-6-17(22-2)16(11-15)14(12-20)9-13-3-5-18-19(10-13)24-8-7-23-18/h3-6,10-11,14H,7-9,12,20H2,1-2H3. The average Bonchev–Trinajstić information content (AvgIpc) is 2.65. The topological polar surface area (TPSA) is 62.9 Å². The minimum absolute atomic E-state index is 0.123. The maximum atomic E-state index is 6.05. The van der Waals surface area contributed by atoms with Crippen LogP contribution >= 0.6 is 0 Å². The first-order chi connectivity index (χ1) is 11.7. The van der Waals surface area contributed by atoms with Gasteiger partial charge in [0.15, 0.2) is 11.5 Å². The Morgan fingerprint density at radius 1 is 1.00 bits per heavy atom. The van der Waals surface area contributed by atoms with Crippen LogP contribution in [0.4, 0.5) is 0 Å². The van der Waals surface area contributed by atoms with Crippen molar-refractivity contribution in [3.05, 3.63) is 47.5 Å². The van der Waals surface area contributed by atoms with Gasteiger partial charge in [0.25, 0.3) is 0 Å². The molecular weight excluding hydrogens is 306 g/mol. The predicted octanol–water partition coefficient (Wildman–Crippen LogP) is 2.76. The third kappa shape index (κ3) is 3.41. The fourth-order valence-corrected chi connectivity index (χ4v) is 2.98. The summed E-state index contributed by atoms with van der Waals surface area (Å²) in [6.45, 7) is 1.69. The van der Waals surface area contributed by atoms with E-state index in [1.165, 1.54) is 0 Å². The molecule has 1 heterocycles. The lowest BCUT2D eigenvalue weighted by Gasteiger charge is -2.22. The van der Waals surface area contributed by atoms with Crippen molar-refractivity contribution >= 4 is 0 Å². The molecule has 5 heteroatoms. The van der Waals surface area contributed by atoms with Gasteiger partial charge >= 0.3 is 0 Å². The van der Waals surface area contributed by atoms with Crippen LogP contribution in [0.25, 0.3) is 0 Å². The van der Waals surface area contributed by atoms with Gasteiger partial charge in [-0.2, -0.15) is 0 Å². The van der Waals surface area contributed by atoms with Gasteiger partial charge in [-0.25, -0.2) is 0 Å². The molecule has 2 aromatic rings. The first kappa shape index (κ1) is 16.5. The van der Waals surface area contributed by atoms with Crippen molar-refractivity contribution in [3.63, 3.8) is 0 Å². The van der Waals surface area contributed by atoms with E-state index in [9.17, 15) is 0 Å². The lowest BCUT2D eigenvalue weighted by Crippen LogP contribution is -2.17. The Labute approximate surface area is 142 Å². The number of hydrogen-bond acceptors (Lipinski definition) is 5. The zero-order valence-corrected chi connectivity index (χ0v) is 14.1. The molecule has 24 heavy (non-hydrogen) atoms. The summed E-state index contributed by atoms with van der Waals surface area (Å²) in [5.41, 5.74) is 8.26. The molecule has 5 nitrogen and oxygen atoms in total. The summed E-state index contributed by atoms with van der Waals surface area (Å²) < 4.78 is 22.1. The van der Waals surface area contributed by atoms with E-state index in [-0.39, 0.29) is 5.92 Å². The molecule has 0 fully saturated rings. The molecule has 2 N–H and O–H groups in total. The number of hydrogen-bond donors (Lipinski definition) is 1. The highest BCUT2D eigenvalue weighted by molar-refractivity contribution is 5.46. The van der Waals surface area contributed by atoms with Gasteiger partial charge in [0, 0.05) is 11.5 Å². The Balaban J connectivity index is 1.87. The third-order valence-corrected chi connectivity index (χ3v) is 4.25. The summed E-state index contributed by atoms with van der Waals surface area (Å²) in [6.07, 6.45) is 0.788. The van der Waals surface area contributed by atoms with Crippen molar-refractivity contribution in [3.8, 4) is 23.0 Å². The van der Waals surface area contributed by atoms with Crippen LogP contribution in [-0.2, 0) is 6.42 Å². The fraction of sp³-hybridized carbons (Fsp3) is 0.368. The molecule has 0 saturated heterocycles. The van der Waals surface area contributed by atoms with E-state index in [4.69, 9.17) is 24.7 Å². The van der Waals surface area contributed by atoms with E-state index in [1.807, 2.05) is 30.3 Å². The van der Waals surface area contributed by atoms with E-state index in [1.54, 1.807) is 14.2 Å². The number of rotatable bonds is 6. The summed E-state index contributed by atoms with van der Waals surface area (Å²) in [7, 11) is 3.33. The van der Waals surface area contributed by atoms with Gasteiger partial charge < -0.3 is 24.7 Å². The van der Waals surface area contributed by atoms with Crippen LogP contribution in [0, 0.1) is 0 Å². The molecule has 1 unspecified atom stereocenters. The zero-order valence-electron chi connectivity index (χ0n) is 14.1. The molecule has 0 aromatic heterocycles. The SMILES string of the molecule is COc1ccc(OC)c(C(CN)Cc2ccc3c(c2)OCCO3)c1. The first-order valence-electron chi connectivity index (χ1n) is 8.05. The average molecular weight is 329 g/mol. The summed E-state index contributed by atoms with van der Waals surface area (Å²) in [5, 5.41) is 0. The van der Waals surface area contributed by atoms with E-state index >= 15 is 0 Å². The second-order valence-electron chi connectivity index (χ2n) is 5.72. The number of fused-ring (bicyclic) bond motifs is 1. The number of benzene rings is 2. The van der Waals surface area contributed by atoms with Crippen LogP contribution in [0.15, 0.2) is 36.4 Å². The molecule has 1 aliphatic rings. The molecular formula is C19H23NO4. The Morgan fingerprint density at radius 3 is 2.50 bits per heavy atom. The van der Waals surface area contributed by atoms with Crippen LogP contribution < -0.4 is 24.7 Å². The highest BCUT2D eigenvalue weighted by Crippen LogP contribution is 2.35. The molecule has 3 rings (SSSR count). The Bertz CT molecular complexity index is 702. The number of nitrogens with two attached hydrogens (primary N) is 1. The van der Waals surface area contributed by atoms with Crippen molar-refractivity contribution in [1.82, 2.24) is 0 Å². The number of methoxy groups -OCH3 is 2. The van der Waals surface area contributed by atoms with Gasteiger partial charge in [-0.05, 0) is 48.9 Å². The van der Waals surface area contributed by atoms with Crippen LogP contribution in [0.2, 0.25) is 0 Å². The molecule has 0 bridgehead atoms. The van der Waals surface area contributed by atoms with Crippen molar-refractivity contribution in [2.45, 2.75) is 12.3 Å². The molecule has 0 radical (unpaired) electrons. The minimum Gasteiger partial charge on any atom is -0.497 e. The Hall–Kier alpha value is -2.40. The van der Waals surface area contributed by atoms with Crippen LogP contribution in [0.5, 0.6) is 23.0 Å². The van der Waals surface area contributed by atoms with E-state index < -0.39 is 0 Å². The largest absolute Gasteiger partial charge is 0.497 e. The summed E-state index contributed by atoms with van der Waals surface area (Å²) in [5.74, 6) is 3.34. The lowest BCUT2D eigenvalue weighted by atomic mass is 9.91. The van der Waals surface area contributed by atoms with Crippen molar-refractivity contribution in [2.24, 2.45) is 5.73 Å². The normalized spacial score (nSPS) is 14.1. The molecule has 0 amide bonds. The smallest absolute Gasteiger partial charge is 0.161 e. The molecule has 0 saturated carbocycles. The van der Waals surface area contributed by atoms with Crippen molar-refractivity contribution < 1.29 is 18.9 Å². The molecule has 1 atom stereocenters. The Morgan fingerprint density at radius 2 is 1.79 bits per heavy atom. The third-order valence-electron chi connectivity index (χ3n) is 4.25. The maximum Gasteiger partial charge on any atom is 0.161 e. The van der Waals surface area contributed by atoms with Gasteiger partial charge in [-0.3, -0.25) is 0 Å². The lowest BCUT2D eigenvalue weighted by molar-refractivity contribution is 0.171. The summed E-state index contributed by atoms with van der Waals surface area (Å²) >= 11 is 0. The van der Waals surface area contributed by atoms with Gasteiger partial charge in [0.1, 0.15) is 24.7 Å². The summed E-state index contributed by atoms with van der Waals surface area (Å²) in [6, 6.07) is 11.8. The predicted molar refractivity (Wildman–Crippen MR) is 92.5 cm³/mol. The van der Waals surface area contributed by atoms with Crippen molar-refractivity contribution in [1.29, 1.82) is 0 Å². The Kier molecular flexibility index (Phi) is 5.11. The first-order valence-corrected chi connectivity index (χ1v) is 8.05. The molecule has 128 valence electrons. The van der Waals surface area contributed by atoms with Crippen LogP contribution in [0.1, 0.15) is 17.0 Å². The summed E-state index contributed by atoms with van der Waals surface area (Å²) in [4.78, 5) is 0. The van der Waals surface area contributed by atoms with E-state index in [0.717, 1.165) is 40.5 Å². The monoisotopic (exact) mass is 329 g/mol. The number of ether oxygens (including phenoxy) is 4. The second kappa shape index (κ2) is 7.45. The molecule has 0 spiro atoms.